The molecule has 3 atom stereocenters. The number of esters is 1. The average Bonchev–Trinajstić information content (AvgIpc) is 2.30. The molecule has 0 N–H and O–H groups in total. The summed E-state index contributed by atoms with van der Waals surface area (Å²) in [6.07, 6.45) is 1.89. The highest BCUT2D eigenvalue weighted by molar-refractivity contribution is 5.81. The molecule has 14 heavy (non-hydrogen) atoms. The highest BCUT2D eigenvalue weighted by atomic mass is 16.5. The summed E-state index contributed by atoms with van der Waals surface area (Å²) >= 11 is 0. The van der Waals surface area contributed by atoms with Crippen molar-refractivity contribution >= 4 is 11.8 Å². The van der Waals surface area contributed by atoms with Gasteiger partial charge < -0.3 is 4.74 Å². The van der Waals surface area contributed by atoms with Crippen LogP contribution in [0, 0.1) is 0 Å². The van der Waals surface area contributed by atoms with E-state index in [1.807, 2.05) is 7.05 Å². The van der Waals surface area contributed by atoms with Gasteiger partial charge in [0.1, 0.15) is 11.9 Å². The molecule has 0 aromatic rings. The molecule has 4 nitrogen and oxygen atoms in total. The van der Waals surface area contributed by atoms with E-state index in [1.54, 1.807) is 0 Å². The van der Waals surface area contributed by atoms with Gasteiger partial charge in [-0.15, -0.1) is 0 Å². The van der Waals surface area contributed by atoms with E-state index in [9.17, 15) is 9.59 Å². The molecule has 0 spiro atoms. The number of hydrogen-bond acceptors (Lipinski definition) is 4. The minimum absolute atomic E-state index is 0.0750. The maximum absolute atomic E-state index is 11.3. The van der Waals surface area contributed by atoms with E-state index in [0.717, 1.165) is 6.42 Å². The summed E-state index contributed by atoms with van der Waals surface area (Å²) in [6, 6.07) is 0.399. The predicted molar refractivity (Wildman–Crippen MR) is 49.8 cm³/mol. The lowest BCUT2D eigenvalue weighted by Crippen LogP contribution is -2.43. The standard InChI is InChI=1S/C10H15NO3/c1-6(12)14-10-4-7-3-8(13)5-9(10)11(7)2/h7,9-10H,3-5H2,1-2H3/t7-,9-,10+/m1/s1. The lowest BCUT2D eigenvalue weighted by molar-refractivity contribution is -0.148. The van der Waals surface area contributed by atoms with Crippen LogP contribution in [0.5, 0.6) is 0 Å². The van der Waals surface area contributed by atoms with Gasteiger partial charge in [-0.1, -0.05) is 0 Å². The van der Waals surface area contributed by atoms with Crippen molar-refractivity contribution in [1.29, 1.82) is 0 Å². The van der Waals surface area contributed by atoms with Crippen molar-refractivity contribution < 1.29 is 14.3 Å². The molecule has 2 aliphatic heterocycles. The summed E-state index contributed by atoms with van der Waals surface area (Å²) in [4.78, 5) is 24.4. The van der Waals surface area contributed by atoms with E-state index in [2.05, 4.69) is 4.90 Å². The number of fused-ring (bicyclic) bond motifs is 2. The topological polar surface area (TPSA) is 46.6 Å². The summed E-state index contributed by atoms with van der Waals surface area (Å²) in [5.74, 6) is 0.0520. The number of ketones is 1. The van der Waals surface area contributed by atoms with E-state index in [1.165, 1.54) is 6.92 Å². The van der Waals surface area contributed by atoms with Crippen molar-refractivity contribution in [3.8, 4) is 0 Å². The Morgan fingerprint density at radius 1 is 1.50 bits per heavy atom. The molecular weight excluding hydrogens is 182 g/mol. The third kappa shape index (κ3) is 1.54. The Morgan fingerprint density at radius 2 is 2.21 bits per heavy atom. The molecule has 2 rings (SSSR count). The SMILES string of the molecule is CC(=O)O[C@H]1C[C@H]2CC(=O)C[C@H]1N2C. The first-order valence-corrected chi connectivity index (χ1v) is 4.99. The van der Waals surface area contributed by atoms with Crippen LogP contribution in [0.1, 0.15) is 26.2 Å². The Labute approximate surface area is 83.2 Å². The van der Waals surface area contributed by atoms with E-state index in [4.69, 9.17) is 4.74 Å². The number of likely N-dealkylation sites (N-methyl/N-ethyl adjacent to an activating group) is 1. The quantitative estimate of drug-likeness (QED) is 0.569. The first-order chi connectivity index (χ1) is 6.58. The van der Waals surface area contributed by atoms with Gasteiger partial charge in [-0.2, -0.15) is 0 Å². The van der Waals surface area contributed by atoms with E-state index >= 15 is 0 Å². The fraction of sp³-hybridized carbons (Fsp3) is 0.800. The average molecular weight is 197 g/mol. The van der Waals surface area contributed by atoms with Gasteiger partial charge >= 0.3 is 5.97 Å². The third-order valence-corrected chi connectivity index (χ3v) is 3.25. The summed E-state index contributed by atoms with van der Waals surface area (Å²) < 4.78 is 5.21. The smallest absolute Gasteiger partial charge is 0.302 e. The van der Waals surface area contributed by atoms with Crippen LogP contribution in [-0.2, 0) is 14.3 Å². The van der Waals surface area contributed by atoms with Crippen molar-refractivity contribution in [3.63, 3.8) is 0 Å². The summed E-state index contributed by atoms with van der Waals surface area (Å²) in [5, 5.41) is 0. The Kier molecular flexibility index (Phi) is 2.31. The van der Waals surface area contributed by atoms with Crippen LogP contribution in [0.25, 0.3) is 0 Å². The van der Waals surface area contributed by atoms with Gasteiger partial charge in [0.25, 0.3) is 0 Å². The third-order valence-electron chi connectivity index (χ3n) is 3.25. The van der Waals surface area contributed by atoms with E-state index in [-0.39, 0.29) is 24.2 Å². The van der Waals surface area contributed by atoms with Crippen molar-refractivity contribution in [3.05, 3.63) is 0 Å². The number of piperidine rings is 1. The Morgan fingerprint density at radius 3 is 2.86 bits per heavy atom. The first-order valence-electron chi connectivity index (χ1n) is 4.99. The van der Waals surface area contributed by atoms with Crippen molar-refractivity contribution in [2.24, 2.45) is 0 Å². The molecule has 78 valence electrons. The molecule has 0 radical (unpaired) electrons. The van der Waals surface area contributed by atoms with Gasteiger partial charge in [0.2, 0.25) is 0 Å². The second-order valence-corrected chi connectivity index (χ2v) is 4.22. The molecule has 0 aromatic carbocycles. The molecule has 0 amide bonds. The van der Waals surface area contributed by atoms with Crippen LogP contribution < -0.4 is 0 Å². The monoisotopic (exact) mass is 197 g/mol. The fourth-order valence-corrected chi connectivity index (χ4v) is 2.55. The normalized spacial score (nSPS) is 37.3. The minimum atomic E-state index is -0.247. The van der Waals surface area contributed by atoms with Gasteiger partial charge in [0.15, 0.2) is 0 Å². The predicted octanol–water partition coefficient (Wildman–Crippen LogP) is 0.354. The minimum Gasteiger partial charge on any atom is -0.461 e. The number of carbonyl (C=O) groups is 2. The number of hydrogen-bond donors (Lipinski definition) is 0. The molecule has 4 heteroatoms. The number of Topliss-reactive ketones (excluding diaryl/α,β-unsaturated/α-hetero) is 1. The number of rotatable bonds is 1. The van der Waals surface area contributed by atoms with E-state index < -0.39 is 0 Å². The largest absolute Gasteiger partial charge is 0.461 e. The zero-order valence-electron chi connectivity index (χ0n) is 8.53. The maximum atomic E-state index is 11.3. The second-order valence-electron chi connectivity index (χ2n) is 4.22. The van der Waals surface area contributed by atoms with Crippen LogP contribution >= 0.6 is 0 Å². The zero-order chi connectivity index (χ0) is 10.3. The first kappa shape index (κ1) is 9.65. The molecular formula is C10H15NO3. The summed E-state index contributed by atoms with van der Waals surface area (Å²) in [6.45, 7) is 1.42. The van der Waals surface area contributed by atoms with Crippen LogP contribution in [0.15, 0.2) is 0 Å². The molecule has 0 aromatic heterocycles. The van der Waals surface area contributed by atoms with Gasteiger partial charge in [0.05, 0.1) is 6.04 Å². The van der Waals surface area contributed by atoms with Crippen LogP contribution in [-0.4, -0.2) is 41.9 Å². The molecule has 0 aliphatic carbocycles. The lowest BCUT2D eigenvalue weighted by Gasteiger charge is -2.30. The molecule has 2 bridgehead atoms. The van der Waals surface area contributed by atoms with Gasteiger partial charge in [-0.05, 0) is 7.05 Å². The zero-order valence-corrected chi connectivity index (χ0v) is 8.53. The van der Waals surface area contributed by atoms with Gasteiger partial charge in [-0.3, -0.25) is 14.5 Å². The van der Waals surface area contributed by atoms with Crippen molar-refractivity contribution in [2.45, 2.75) is 44.4 Å². The maximum Gasteiger partial charge on any atom is 0.302 e. The highest BCUT2D eigenvalue weighted by Gasteiger charge is 2.45. The molecule has 2 fully saturated rings. The van der Waals surface area contributed by atoms with Gasteiger partial charge in [0, 0.05) is 32.2 Å². The van der Waals surface area contributed by atoms with Crippen LogP contribution in [0.2, 0.25) is 0 Å². The molecule has 0 unspecified atom stereocenters. The lowest BCUT2D eigenvalue weighted by atomic mass is 10.0. The second kappa shape index (κ2) is 3.35. The summed E-state index contributed by atoms with van der Waals surface area (Å²) in [7, 11) is 2.01. The van der Waals surface area contributed by atoms with Crippen LogP contribution in [0.3, 0.4) is 0 Å². The van der Waals surface area contributed by atoms with Gasteiger partial charge in [-0.25, -0.2) is 0 Å². The van der Waals surface area contributed by atoms with E-state index in [0.29, 0.717) is 18.6 Å². The molecule has 2 aliphatic rings. The van der Waals surface area contributed by atoms with Crippen molar-refractivity contribution in [1.82, 2.24) is 4.90 Å². The van der Waals surface area contributed by atoms with Crippen molar-refractivity contribution in [2.75, 3.05) is 7.05 Å². The fourth-order valence-electron chi connectivity index (χ4n) is 2.55. The highest BCUT2D eigenvalue weighted by Crippen LogP contribution is 2.34. The number of ether oxygens (including phenoxy) is 1. The Balaban J connectivity index is 2.09. The molecule has 2 saturated heterocycles. The molecule has 0 saturated carbocycles. The summed E-state index contributed by atoms with van der Waals surface area (Å²) in [5.41, 5.74) is 0. The van der Waals surface area contributed by atoms with Crippen LogP contribution in [0.4, 0.5) is 0 Å². The number of carbonyl (C=O) groups excluding carboxylic acids is 2. The Bertz CT molecular complexity index is 277. The Hall–Kier alpha value is -0.900. The molecule has 2 heterocycles. The number of nitrogens with zero attached hydrogens (tertiary/aromatic N) is 1.